The maximum Gasteiger partial charge on any atom is 0.190 e. The Kier molecular flexibility index (Phi) is 3.89. The first-order valence-corrected chi connectivity index (χ1v) is 9.66. The third-order valence-corrected chi connectivity index (χ3v) is 8.25. The third-order valence-electron chi connectivity index (χ3n) is 8.25. The van der Waals surface area contributed by atoms with Crippen LogP contribution in [0, 0.1) is 28.6 Å². The Morgan fingerprint density at radius 3 is 2.73 bits per heavy atom. The van der Waals surface area contributed by atoms with Crippen molar-refractivity contribution in [2.24, 2.45) is 28.6 Å². The van der Waals surface area contributed by atoms with Gasteiger partial charge in [-0.3, -0.25) is 9.59 Å². The van der Waals surface area contributed by atoms with E-state index < -0.39 is 29.5 Å². The van der Waals surface area contributed by atoms with Gasteiger partial charge < -0.3 is 15.3 Å². The molecule has 26 heavy (non-hydrogen) atoms. The summed E-state index contributed by atoms with van der Waals surface area (Å²) in [5, 5.41) is 31.7. The highest BCUT2D eigenvalue weighted by atomic mass is 16.3. The van der Waals surface area contributed by atoms with Crippen LogP contribution in [0.25, 0.3) is 0 Å². The van der Waals surface area contributed by atoms with E-state index in [4.69, 9.17) is 0 Å². The van der Waals surface area contributed by atoms with Gasteiger partial charge in [0.2, 0.25) is 0 Å². The molecule has 0 aliphatic heterocycles. The average Bonchev–Trinajstić information content (AvgIpc) is 2.86. The summed E-state index contributed by atoms with van der Waals surface area (Å²) in [5.41, 5.74) is -1.54. The smallest absolute Gasteiger partial charge is 0.190 e. The van der Waals surface area contributed by atoms with Crippen molar-refractivity contribution in [2.75, 3.05) is 6.61 Å². The molecule has 4 aliphatic rings. The van der Waals surface area contributed by atoms with Gasteiger partial charge in [-0.15, -0.1) is 0 Å². The van der Waals surface area contributed by atoms with Crippen molar-refractivity contribution in [3.05, 3.63) is 23.8 Å². The van der Waals surface area contributed by atoms with E-state index in [1.165, 1.54) is 0 Å². The van der Waals surface area contributed by atoms with Crippen LogP contribution >= 0.6 is 0 Å². The molecule has 0 heterocycles. The number of hydrogen-bond acceptors (Lipinski definition) is 5. The molecule has 5 heteroatoms. The zero-order valence-electron chi connectivity index (χ0n) is 15.4. The van der Waals surface area contributed by atoms with Gasteiger partial charge in [0.25, 0.3) is 0 Å². The Morgan fingerprint density at radius 2 is 2.04 bits per heavy atom. The number of aliphatic hydroxyl groups excluding tert-OH is 2. The highest BCUT2D eigenvalue weighted by molar-refractivity contribution is 6.01. The summed E-state index contributed by atoms with van der Waals surface area (Å²) in [6, 6.07) is 0. The maximum atomic E-state index is 12.4. The molecule has 4 rings (SSSR count). The van der Waals surface area contributed by atoms with Crippen molar-refractivity contribution in [1.29, 1.82) is 0 Å². The van der Waals surface area contributed by atoms with Crippen molar-refractivity contribution in [1.82, 2.24) is 0 Å². The van der Waals surface area contributed by atoms with Crippen LogP contribution < -0.4 is 0 Å². The highest BCUT2D eigenvalue weighted by Crippen LogP contribution is 2.67. The van der Waals surface area contributed by atoms with Crippen LogP contribution in [0.15, 0.2) is 23.8 Å². The second kappa shape index (κ2) is 5.60. The van der Waals surface area contributed by atoms with Gasteiger partial charge in [0, 0.05) is 16.7 Å². The fraction of sp³-hybridized carbons (Fsp3) is 0.714. The number of hydrogen-bond donors (Lipinski definition) is 3. The minimum Gasteiger partial charge on any atom is -0.393 e. The molecule has 0 aromatic heterocycles. The lowest BCUT2D eigenvalue weighted by molar-refractivity contribution is -0.178. The van der Waals surface area contributed by atoms with Crippen LogP contribution in [0.5, 0.6) is 0 Å². The molecule has 5 nitrogen and oxygen atoms in total. The molecule has 3 fully saturated rings. The SMILES string of the molecule is C[C@]12C=CC(=O)C=C1CCC1[C@H]2[C@@H](O)C[C@@]2(C)[C@H]1CC[C@]2(O)C(=O)CO. The van der Waals surface area contributed by atoms with E-state index in [2.05, 4.69) is 6.92 Å². The topological polar surface area (TPSA) is 94.8 Å². The number of fused-ring (bicyclic) bond motifs is 5. The van der Waals surface area contributed by atoms with E-state index in [-0.39, 0.29) is 29.0 Å². The van der Waals surface area contributed by atoms with Crippen molar-refractivity contribution < 1.29 is 24.9 Å². The summed E-state index contributed by atoms with van der Waals surface area (Å²) in [6.45, 7) is 3.34. The number of rotatable bonds is 2. The molecule has 1 unspecified atom stereocenters. The first-order chi connectivity index (χ1) is 12.2. The molecule has 7 atom stereocenters. The number of carbonyl (C=O) groups is 2. The second-order valence-corrected chi connectivity index (χ2v) is 9.19. The molecule has 142 valence electrons. The van der Waals surface area contributed by atoms with Gasteiger partial charge in [-0.05, 0) is 56.1 Å². The Hall–Kier alpha value is -1.30. The van der Waals surface area contributed by atoms with Gasteiger partial charge in [-0.1, -0.05) is 25.5 Å². The summed E-state index contributed by atoms with van der Waals surface area (Å²) in [6.07, 6.45) is 7.68. The van der Waals surface area contributed by atoms with E-state index in [1.54, 1.807) is 12.2 Å². The number of allylic oxidation sites excluding steroid dienone is 4. The first kappa shape index (κ1) is 18.1. The predicted molar refractivity (Wildman–Crippen MR) is 95.0 cm³/mol. The zero-order chi connectivity index (χ0) is 18.9. The second-order valence-electron chi connectivity index (χ2n) is 9.19. The van der Waals surface area contributed by atoms with Gasteiger partial charge >= 0.3 is 0 Å². The fourth-order valence-electron chi connectivity index (χ4n) is 6.92. The van der Waals surface area contributed by atoms with E-state index in [1.807, 2.05) is 13.0 Å². The minimum absolute atomic E-state index is 0.00912. The lowest BCUT2D eigenvalue weighted by Gasteiger charge is -2.59. The Bertz CT molecular complexity index is 724. The van der Waals surface area contributed by atoms with Gasteiger partial charge in [0.1, 0.15) is 12.2 Å². The number of ketones is 2. The summed E-state index contributed by atoms with van der Waals surface area (Å²) < 4.78 is 0. The van der Waals surface area contributed by atoms with Crippen LogP contribution in [0.4, 0.5) is 0 Å². The van der Waals surface area contributed by atoms with Crippen molar-refractivity contribution in [3.63, 3.8) is 0 Å². The van der Waals surface area contributed by atoms with Crippen molar-refractivity contribution in [2.45, 2.75) is 57.7 Å². The highest BCUT2D eigenvalue weighted by Gasteiger charge is 2.67. The number of aliphatic hydroxyl groups is 3. The predicted octanol–water partition coefficient (Wildman–Crippen LogP) is 1.56. The monoisotopic (exact) mass is 360 g/mol. The Balaban J connectivity index is 1.75. The van der Waals surface area contributed by atoms with Crippen LogP contribution in [0.1, 0.15) is 46.0 Å². The van der Waals surface area contributed by atoms with E-state index in [9.17, 15) is 24.9 Å². The van der Waals surface area contributed by atoms with E-state index in [0.717, 1.165) is 24.8 Å². The molecule has 4 aliphatic carbocycles. The van der Waals surface area contributed by atoms with E-state index in [0.29, 0.717) is 12.8 Å². The van der Waals surface area contributed by atoms with Crippen LogP contribution in [0.2, 0.25) is 0 Å². The van der Waals surface area contributed by atoms with E-state index >= 15 is 0 Å². The quantitative estimate of drug-likeness (QED) is 0.695. The van der Waals surface area contributed by atoms with Gasteiger partial charge in [-0.25, -0.2) is 0 Å². The first-order valence-electron chi connectivity index (χ1n) is 9.66. The molecule has 3 saturated carbocycles. The average molecular weight is 360 g/mol. The molecule has 0 spiro atoms. The zero-order valence-corrected chi connectivity index (χ0v) is 15.4. The molecule has 0 aromatic rings. The molecule has 3 N–H and O–H groups in total. The van der Waals surface area contributed by atoms with Crippen LogP contribution in [-0.4, -0.2) is 45.2 Å². The maximum absolute atomic E-state index is 12.4. The molecule has 0 bridgehead atoms. The van der Waals surface area contributed by atoms with Crippen LogP contribution in [-0.2, 0) is 9.59 Å². The lowest BCUT2D eigenvalue weighted by atomic mass is 9.46. The molecule has 0 saturated heterocycles. The molecule has 0 radical (unpaired) electrons. The molecular weight excluding hydrogens is 332 g/mol. The molecular formula is C21H28O5. The summed E-state index contributed by atoms with van der Waals surface area (Å²) >= 11 is 0. The lowest BCUT2D eigenvalue weighted by Crippen LogP contribution is -2.61. The number of carbonyl (C=O) groups excluding carboxylic acids is 2. The summed E-state index contributed by atoms with van der Waals surface area (Å²) in [7, 11) is 0. The van der Waals surface area contributed by atoms with Crippen LogP contribution in [0.3, 0.4) is 0 Å². The largest absolute Gasteiger partial charge is 0.393 e. The number of Topliss-reactive ketones (excluding diaryl/α,β-unsaturated/α-hetero) is 1. The van der Waals surface area contributed by atoms with Gasteiger partial charge in [0.15, 0.2) is 11.6 Å². The van der Waals surface area contributed by atoms with Gasteiger partial charge in [-0.2, -0.15) is 0 Å². The Morgan fingerprint density at radius 1 is 1.31 bits per heavy atom. The molecule has 0 aromatic carbocycles. The van der Waals surface area contributed by atoms with Crippen molar-refractivity contribution >= 4 is 11.6 Å². The third kappa shape index (κ3) is 2.08. The molecule has 0 amide bonds. The van der Waals surface area contributed by atoms with Gasteiger partial charge in [0.05, 0.1) is 6.10 Å². The standard InChI is InChI=1S/C21H28O5/c1-19-7-5-13(23)9-12(19)3-4-14-15-6-8-21(26,17(25)11-22)20(15,2)10-16(24)18(14)19/h5,7,9,14-16,18,22,24,26H,3-4,6,8,10-11H2,1-2H3/t14?,15-,16-,18-,19-,20-,21-/m0/s1. The normalized spacial score (nSPS) is 49.9. The van der Waals surface area contributed by atoms with Crippen molar-refractivity contribution in [3.8, 4) is 0 Å². The minimum atomic E-state index is -1.56. The summed E-state index contributed by atoms with van der Waals surface area (Å²) in [5.74, 6) is -0.227. The fourth-order valence-corrected chi connectivity index (χ4v) is 6.92. The Labute approximate surface area is 153 Å². The summed E-state index contributed by atoms with van der Waals surface area (Å²) in [4.78, 5) is 24.2.